The molecule has 0 amide bonds. The Bertz CT molecular complexity index is 893. The van der Waals surface area contributed by atoms with Gasteiger partial charge in [0.1, 0.15) is 10.6 Å². The standard InChI is InChI=1S/C16H12ClF3O3S3/c17-13-6-3-11(16(18,19)20)9-14(13)26(21,22)23-12-4-1-10(2-5-12)15-24-7-8-25-15/h1-6,9,15H,7-8H2. The summed E-state index contributed by atoms with van der Waals surface area (Å²) in [5.41, 5.74) is -0.0888. The van der Waals surface area contributed by atoms with Crippen molar-refractivity contribution in [2.45, 2.75) is 15.7 Å². The minimum Gasteiger partial charge on any atom is -0.379 e. The molecule has 0 aliphatic carbocycles. The Morgan fingerprint density at radius 1 is 1.04 bits per heavy atom. The van der Waals surface area contributed by atoms with Gasteiger partial charge in [-0.05, 0) is 35.9 Å². The van der Waals surface area contributed by atoms with Crippen LogP contribution >= 0.6 is 35.1 Å². The second-order valence-corrected chi connectivity index (χ2v) is 9.97. The normalized spacial score (nSPS) is 16.0. The maximum atomic E-state index is 12.8. The van der Waals surface area contributed by atoms with Crippen LogP contribution in [0.15, 0.2) is 47.4 Å². The van der Waals surface area contributed by atoms with Crippen LogP contribution < -0.4 is 4.18 Å². The van der Waals surface area contributed by atoms with E-state index in [4.69, 9.17) is 15.8 Å². The molecule has 0 radical (unpaired) electrons. The van der Waals surface area contributed by atoms with Crippen LogP contribution in [0.4, 0.5) is 13.2 Å². The maximum Gasteiger partial charge on any atom is 0.416 e. The molecule has 0 atom stereocenters. The van der Waals surface area contributed by atoms with E-state index in [0.717, 1.165) is 23.1 Å². The highest BCUT2D eigenvalue weighted by Crippen LogP contribution is 2.45. The first-order valence-corrected chi connectivity index (χ1v) is 11.2. The molecule has 3 nitrogen and oxygen atoms in total. The van der Waals surface area contributed by atoms with E-state index >= 15 is 0 Å². The predicted molar refractivity (Wildman–Crippen MR) is 98.4 cm³/mol. The van der Waals surface area contributed by atoms with Crippen LogP contribution in [0, 0.1) is 0 Å². The summed E-state index contributed by atoms with van der Waals surface area (Å²) in [6.45, 7) is 0. The largest absolute Gasteiger partial charge is 0.416 e. The SMILES string of the molecule is O=S(=O)(Oc1ccc(C2SCCS2)cc1)c1cc(C(F)(F)F)ccc1Cl. The molecule has 0 unspecified atom stereocenters. The molecule has 2 aromatic rings. The second-order valence-electron chi connectivity index (χ2n) is 5.32. The van der Waals surface area contributed by atoms with Crippen LogP contribution in [0.25, 0.3) is 0 Å². The molecule has 0 saturated carbocycles. The highest BCUT2D eigenvalue weighted by Gasteiger charge is 2.33. The van der Waals surface area contributed by atoms with Gasteiger partial charge in [0.2, 0.25) is 0 Å². The molecular formula is C16H12ClF3O3S3. The summed E-state index contributed by atoms with van der Waals surface area (Å²) in [7, 11) is -4.50. The molecule has 26 heavy (non-hydrogen) atoms. The minimum atomic E-state index is -4.69. The summed E-state index contributed by atoms with van der Waals surface area (Å²) < 4.78 is 68.4. The molecule has 1 aliphatic heterocycles. The summed E-state index contributed by atoms with van der Waals surface area (Å²) in [6, 6.07) is 8.52. The lowest BCUT2D eigenvalue weighted by molar-refractivity contribution is -0.137. The maximum absolute atomic E-state index is 12.8. The topological polar surface area (TPSA) is 43.4 Å². The summed E-state index contributed by atoms with van der Waals surface area (Å²) in [6.07, 6.45) is -4.69. The number of halogens is 4. The summed E-state index contributed by atoms with van der Waals surface area (Å²) in [5, 5.41) is -0.339. The third kappa shape index (κ3) is 4.44. The van der Waals surface area contributed by atoms with Crippen molar-refractivity contribution in [3.63, 3.8) is 0 Å². The van der Waals surface area contributed by atoms with Crippen molar-refractivity contribution in [3.05, 3.63) is 58.6 Å². The lowest BCUT2D eigenvalue weighted by atomic mass is 10.2. The van der Waals surface area contributed by atoms with Gasteiger partial charge < -0.3 is 4.18 Å². The first-order valence-electron chi connectivity index (χ1n) is 7.31. The summed E-state index contributed by atoms with van der Waals surface area (Å²) >= 11 is 9.37. The van der Waals surface area contributed by atoms with Crippen molar-refractivity contribution in [1.82, 2.24) is 0 Å². The molecule has 1 aliphatic rings. The van der Waals surface area contributed by atoms with Crippen LogP contribution in [0.3, 0.4) is 0 Å². The van der Waals surface area contributed by atoms with E-state index in [1.165, 1.54) is 12.1 Å². The fourth-order valence-electron chi connectivity index (χ4n) is 2.27. The van der Waals surface area contributed by atoms with E-state index < -0.39 is 26.8 Å². The van der Waals surface area contributed by atoms with Crippen molar-refractivity contribution in [2.75, 3.05) is 11.5 Å². The van der Waals surface area contributed by atoms with Crippen molar-refractivity contribution >= 4 is 45.2 Å². The molecule has 1 saturated heterocycles. The number of alkyl halides is 3. The Hall–Kier alpha value is -1.03. The van der Waals surface area contributed by atoms with Crippen LogP contribution in [0.1, 0.15) is 15.7 Å². The molecule has 1 fully saturated rings. The Morgan fingerprint density at radius 2 is 1.65 bits per heavy atom. The molecule has 1 heterocycles. The predicted octanol–water partition coefficient (Wildman–Crippen LogP) is 5.61. The average molecular weight is 441 g/mol. The van der Waals surface area contributed by atoms with Gasteiger partial charge in [-0.15, -0.1) is 23.5 Å². The number of hydrogen-bond acceptors (Lipinski definition) is 5. The van der Waals surface area contributed by atoms with Gasteiger partial charge in [-0.1, -0.05) is 23.7 Å². The highest BCUT2D eigenvalue weighted by atomic mass is 35.5. The number of benzene rings is 2. The van der Waals surface area contributed by atoms with Crippen molar-refractivity contribution in [3.8, 4) is 5.75 Å². The third-order valence-corrected chi connectivity index (χ3v) is 8.34. The van der Waals surface area contributed by atoms with E-state index in [1.54, 1.807) is 35.7 Å². The van der Waals surface area contributed by atoms with E-state index in [-0.39, 0.29) is 10.8 Å². The van der Waals surface area contributed by atoms with E-state index in [9.17, 15) is 21.6 Å². The Labute approximate surface area is 162 Å². The number of rotatable bonds is 4. The Kier molecular flexibility index (Phi) is 5.72. The van der Waals surface area contributed by atoms with Gasteiger partial charge >= 0.3 is 16.3 Å². The molecule has 0 spiro atoms. The fourth-order valence-corrected chi connectivity index (χ4v) is 6.57. The van der Waals surface area contributed by atoms with Crippen molar-refractivity contribution in [1.29, 1.82) is 0 Å². The van der Waals surface area contributed by atoms with Gasteiger partial charge in [-0.25, -0.2) is 0 Å². The Morgan fingerprint density at radius 3 is 2.23 bits per heavy atom. The second kappa shape index (κ2) is 7.53. The molecule has 0 bridgehead atoms. The molecule has 140 valence electrons. The first-order chi connectivity index (χ1) is 12.2. The smallest absolute Gasteiger partial charge is 0.379 e. The van der Waals surface area contributed by atoms with Gasteiger partial charge in [-0.3, -0.25) is 0 Å². The van der Waals surface area contributed by atoms with Crippen LogP contribution in [-0.2, 0) is 16.3 Å². The lowest BCUT2D eigenvalue weighted by Gasteiger charge is -2.13. The van der Waals surface area contributed by atoms with Crippen LogP contribution in [0.2, 0.25) is 5.02 Å². The third-order valence-electron chi connectivity index (χ3n) is 3.51. The average Bonchev–Trinajstić information content (AvgIpc) is 3.09. The molecule has 0 aromatic heterocycles. The van der Waals surface area contributed by atoms with Crippen molar-refractivity contribution in [2.24, 2.45) is 0 Å². The molecule has 2 aromatic carbocycles. The highest BCUT2D eigenvalue weighted by molar-refractivity contribution is 8.19. The van der Waals surface area contributed by atoms with Crippen molar-refractivity contribution < 1.29 is 25.8 Å². The molecular weight excluding hydrogens is 429 g/mol. The zero-order valence-corrected chi connectivity index (χ0v) is 16.2. The summed E-state index contributed by atoms with van der Waals surface area (Å²) in [4.78, 5) is -0.722. The zero-order chi connectivity index (χ0) is 18.9. The van der Waals surface area contributed by atoms with Gasteiger partial charge in [0.25, 0.3) is 0 Å². The van der Waals surface area contributed by atoms with Crippen LogP contribution in [0.5, 0.6) is 5.75 Å². The number of hydrogen-bond donors (Lipinski definition) is 0. The van der Waals surface area contributed by atoms with Crippen LogP contribution in [-0.4, -0.2) is 19.9 Å². The zero-order valence-electron chi connectivity index (χ0n) is 13.0. The van der Waals surface area contributed by atoms with Gasteiger partial charge in [0, 0.05) is 11.5 Å². The molecule has 3 rings (SSSR count). The number of thioether (sulfide) groups is 2. The van der Waals surface area contributed by atoms with E-state index in [1.807, 2.05) is 0 Å². The summed E-state index contributed by atoms with van der Waals surface area (Å²) in [5.74, 6) is 2.11. The van der Waals surface area contributed by atoms with E-state index in [2.05, 4.69) is 0 Å². The quantitative estimate of drug-likeness (QED) is 0.578. The van der Waals surface area contributed by atoms with Gasteiger partial charge in [0.05, 0.1) is 15.2 Å². The Balaban J connectivity index is 1.85. The van der Waals surface area contributed by atoms with Gasteiger partial charge in [0.15, 0.2) is 0 Å². The monoisotopic (exact) mass is 440 g/mol. The lowest BCUT2D eigenvalue weighted by Crippen LogP contribution is -2.13. The fraction of sp³-hybridized carbons (Fsp3) is 0.250. The van der Waals surface area contributed by atoms with E-state index in [0.29, 0.717) is 16.7 Å². The first kappa shape index (κ1) is 19.7. The minimum absolute atomic E-state index is 0.00947. The molecule has 0 N–H and O–H groups in total. The van der Waals surface area contributed by atoms with Gasteiger partial charge in [-0.2, -0.15) is 21.6 Å². The molecule has 10 heteroatoms.